The van der Waals surface area contributed by atoms with Gasteiger partial charge in [-0.05, 0) is 16.9 Å². The molecule has 0 nitrogen and oxygen atoms in total. The van der Waals surface area contributed by atoms with Crippen LogP contribution in [-0.2, 0) is 0 Å². The van der Waals surface area contributed by atoms with Crippen LogP contribution in [0.1, 0.15) is 64.7 Å². The van der Waals surface area contributed by atoms with Gasteiger partial charge in [-0.15, -0.1) is 0 Å². The first kappa shape index (κ1) is 13.5. The Labute approximate surface area is 97.3 Å². The molecule has 0 fully saturated rings. The largest absolute Gasteiger partial charge is 0.0785 e. The van der Waals surface area contributed by atoms with Crippen LogP contribution in [-0.4, -0.2) is 0 Å². The number of hydrogen-bond acceptors (Lipinski definition) is 0. The number of unbranched alkanes of at least 4 members (excludes halogenated alkanes) is 8. The maximum absolute atomic E-state index is 2.29. The summed E-state index contributed by atoms with van der Waals surface area (Å²) in [6.45, 7) is 2.27. The summed E-state index contributed by atoms with van der Waals surface area (Å²) in [5.74, 6) is 0. The molecule has 0 saturated carbocycles. The summed E-state index contributed by atoms with van der Waals surface area (Å²) in [7, 11) is 0. The Hall–Kier alpha value is 0.470. The SMILES string of the molecule is CCCCCCCCCC/C=C/I. The summed E-state index contributed by atoms with van der Waals surface area (Å²) in [6.07, 6.45) is 14.9. The highest BCUT2D eigenvalue weighted by Gasteiger charge is 1.89. The van der Waals surface area contributed by atoms with E-state index in [1.807, 2.05) is 0 Å². The molecule has 0 heterocycles. The fourth-order valence-corrected chi connectivity index (χ4v) is 1.82. The summed E-state index contributed by atoms with van der Waals surface area (Å²) in [5.41, 5.74) is 0. The molecule has 0 saturated heterocycles. The zero-order valence-corrected chi connectivity index (χ0v) is 11.1. The molecule has 0 aromatic rings. The second kappa shape index (κ2) is 12.5. The van der Waals surface area contributed by atoms with Gasteiger partial charge in [-0.3, -0.25) is 0 Å². The van der Waals surface area contributed by atoms with E-state index in [9.17, 15) is 0 Å². The van der Waals surface area contributed by atoms with Crippen LogP contribution in [0.4, 0.5) is 0 Å². The van der Waals surface area contributed by atoms with Crippen LogP contribution in [0, 0.1) is 0 Å². The van der Waals surface area contributed by atoms with Gasteiger partial charge in [0, 0.05) is 0 Å². The first-order chi connectivity index (χ1) is 6.41. The fraction of sp³-hybridized carbons (Fsp3) is 0.833. The van der Waals surface area contributed by atoms with E-state index in [1.165, 1.54) is 57.8 Å². The van der Waals surface area contributed by atoms with E-state index in [2.05, 4.69) is 39.7 Å². The standard InChI is InChI=1S/C12H23I/c1-2-3-4-5-6-7-8-9-10-11-12-13/h11-12H,2-10H2,1H3/b12-11+. The summed E-state index contributed by atoms with van der Waals surface area (Å²) >= 11 is 2.29. The molecular weight excluding hydrogens is 271 g/mol. The molecule has 0 aromatic heterocycles. The van der Waals surface area contributed by atoms with Crippen LogP contribution in [0.25, 0.3) is 0 Å². The lowest BCUT2D eigenvalue weighted by atomic mass is 10.1. The van der Waals surface area contributed by atoms with E-state index in [4.69, 9.17) is 0 Å². The summed E-state index contributed by atoms with van der Waals surface area (Å²) in [5, 5.41) is 0. The molecule has 0 N–H and O–H groups in total. The minimum Gasteiger partial charge on any atom is -0.0785 e. The molecule has 0 aliphatic heterocycles. The van der Waals surface area contributed by atoms with Gasteiger partial charge in [0.2, 0.25) is 0 Å². The number of hydrogen-bond donors (Lipinski definition) is 0. The average molecular weight is 294 g/mol. The number of rotatable bonds is 9. The molecule has 0 atom stereocenters. The topological polar surface area (TPSA) is 0 Å². The van der Waals surface area contributed by atoms with Gasteiger partial charge in [-0.2, -0.15) is 0 Å². The third-order valence-corrected chi connectivity index (χ3v) is 2.82. The van der Waals surface area contributed by atoms with Gasteiger partial charge < -0.3 is 0 Å². The van der Waals surface area contributed by atoms with Gasteiger partial charge in [0.25, 0.3) is 0 Å². The Bertz CT molecular complexity index is 108. The van der Waals surface area contributed by atoms with Gasteiger partial charge in [-0.25, -0.2) is 0 Å². The molecule has 0 aromatic carbocycles. The van der Waals surface area contributed by atoms with Gasteiger partial charge in [0.1, 0.15) is 0 Å². The molecule has 0 unspecified atom stereocenters. The summed E-state index contributed by atoms with van der Waals surface area (Å²) in [4.78, 5) is 0. The summed E-state index contributed by atoms with van der Waals surface area (Å²) in [6, 6.07) is 0. The quantitative estimate of drug-likeness (QED) is 0.391. The van der Waals surface area contributed by atoms with E-state index >= 15 is 0 Å². The first-order valence-electron chi connectivity index (χ1n) is 5.67. The van der Waals surface area contributed by atoms with Crippen molar-refractivity contribution in [3.05, 3.63) is 10.2 Å². The van der Waals surface area contributed by atoms with Crippen LogP contribution in [0.5, 0.6) is 0 Å². The lowest BCUT2D eigenvalue weighted by molar-refractivity contribution is 0.578. The molecule has 0 rings (SSSR count). The highest BCUT2D eigenvalue weighted by atomic mass is 127. The average Bonchev–Trinajstić information content (AvgIpc) is 2.16. The van der Waals surface area contributed by atoms with E-state index in [0.717, 1.165) is 0 Å². The van der Waals surface area contributed by atoms with Gasteiger partial charge in [0.15, 0.2) is 0 Å². The van der Waals surface area contributed by atoms with Crippen molar-refractivity contribution in [2.75, 3.05) is 0 Å². The highest BCUT2D eigenvalue weighted by molar-refractivity contribution is 14.1. The second-order valence-electron chi connectivity index (χ2n) is 3.63. The van der Waals surface area contributed by atoms with Gasteiger partial charge in [-0.1, -0.05) is 80.5 Å². The maximum atomic E-state index is 2.29. The van der Waals surface area contributed by atoms with E-state index < -0.39 is 0 Å². The molecule has 0 bridgehead atoms. The van der Waals surface area contributed by atoms with Crippen molar-refractivity contribution >= 4 is 22.6 Å². The second-order valence-corrected chi connectivity index (χ2v) is 4.34. The monoisotopic (exact) mass is 294 g/mol. The number of allylic oxidation sites excluding steroid dienone is 1. The molecule has 0 aliphatic carbocycles. The van der Waals surface area contributed by atoms with E-state index in [1.54, 1.807) is 0 Å². The minimum absolute atomic E-state index is 1.28. The van der Waals surface area contributed by atoms with E-state index in [-0.39, 0.29) is 0 Å². The van der Waals surface area contributed by atoms with Crippen molar-refractivity contribution in [2.24, 2.45) is 0 Å². The fourth-order valence-electron chi connectivity index (χ4n) is 1.46. The van der Waals surface area contributed by atoms with Crippen LogP contribution < -0.4 is 0 Å². The van der Waals surface area contributed by atoms with Crippen LogP contribution in [0.2, 0.25) is 0 Å². The highest BCUT2D eigenvalue weighted by Crippen LogP contribution is 2.09. The molecule has 0 spiro atoms. The molecule has 0 amide bonds. The maximum Gasteiger partial charge on any atom is -0.0274 e. The van der Waals surface area contributed by atoms with Crippen LogP contribution >= 0.6 is 22.6 Å². The molecule has 1 heteroatoms. The smallest absolute Gasteiger partial charge is 0.0274 e. The zero-order valence-electron chi connectivity index (χ0n) is 8.90. The normalized spacial score (nSPS) is 11.2. The Morgan fingerprint density at radius 2 is 1.38 bits per heavy atom. The molecule has 0 radical (unpaired) electrons. The Morgan fingerprint density at radius 3 is 1.92 bits per heavy atom. The summed E-state index contributed by atoms with van der Waals surface area (Å²) < 4.78 is 2.12. The van der Waals surface area contributed by atoms with Crippen molar-refractivity contribution in [3.63, 3.8) is 0 Å². The number of halogens is 1. The van der Waals surface area contributed by atoms with E-state index in [0.29, 0.717) is 0 Å². The van der Waals surface area contributed by atoms with Crippen molar-refractivity contribution in [1.29, 1.82) is 0 Å². The van der Waals surface area contributed by atoms with Crippen molar-refractivity contribution < 1.29 is 0 Å². The minimum atomic E-state index is 1.28. The third-order valence-electron chi connectivity index (χ3n) is 2.31. The van der Waals surface area contributed by atoms with Gasteiger partial charge >= 0.3 is 0 Å². The predicted octanol–water partition coefficient (Wildman–Crippen LogP) is 5.47. The lowest BCUT2D eigenvalue weighted by Gasteiger charge is -1.99. The van der Waals surface area contributed by atoms with Crippen molar-refractivity contribution in [1.82, 2.24) is 0 Å². The molecular formula is C12H23I. The van der Waals surface area contributed by atoms with Crippen molar-refractivity contribution in [3.8, 4) is 0 Å². The Balaban J connectivity index is 2.83. The Morgan fingerprint density at radius 1 is 0.846 bits per heavy atom. The Kier molecular flexibility index (Phi) is 12.9. The third kappa shape index (κ3) is 12.5. The van der Waals surface area contributed by atoms with Crippen molar-refractivity contribution in [2.45, 2.75) is 64.7 Å². The lowest BCUT2D eigenvalue weighted by Crippen LogP contribution is -1.79. The molecule has 13 heavy (non-hydrogen) atoms. The van der Waals surface area contributed by atoms with Crippen LogP contribution in [0.3, 0.4) is 0 Å². The van der Waals surface area contributed by atoms with Gasteiger partial charge in [0.05, 0.1) is 0 Å². The molecule has 78 valence electrons. The van der Waals surface area contributed by atoms with Crippen LogP contribution in [0.15, 0.2) is 10.2 Å². The zero-order chi connectivity index (χ0) is 9.78. The predicted molar refractivity (Wildman–Crippen MR) is 70.4 cm³/mol. The first-order valence-corrected chi connectivity index (χ1v) is 6.91. The molecule has 0 aliphatic rings.